The molecule has 0 amide bonds. The van der Waals surface area contributed by atoms with Crippen molar-refractivity contribution in [2.24, 2.45) is 0 Å². The first-order valence-corrected chi connectivity index (χ1v) is 6.53. The van der Waals surface area contributed by atoms with E-state index in [1.54, 1.807) is 11.3 Å². The Bertz CT molecular complexity index is 283. The summed E-state index contributed by atoms with van der Waals surface area (Å²) in [4.78, 5) is 1.40. The summed E-state index contributed by atoms with van der Waals surface area (Å²) in [5.41, 5.74) is 0. The van der Waals surface area contributed by atoms with Crippen LogP contribution in [0.15, 0.2) is 28.6 Å². The maximum Gasteiger partial charge on any atom is 0.0418 e. The third kappa shape index (κ3) is 3.56. The zero-order valence-electron chi connectivity index (χ0n) is 8.42. The molecule has 0 aliphatic rings. The second kappa shape index (κ2) is 6.38. The van der Waals surface area contributed by atoms with Crippen molar-refractivity contribution in [3.63, 3.8) is 0 Å². The van der Waals surface area contributed by atoms with Crippen LogP contribution in [0.1, 0.15) is 30.7 Å². The van der Waals surface area contributed by atoms with Crippen LogP contribution in [0.4, 0.5) is 0 Å². The fourth-order valence-corrected chi connectivity index (χ4v) is 2.94. The van der Waals surface area contributed by atoms with Crippen LogP contribution in [0.25, 0.3) is 0 Å². The summed E-state index contributed by atoms with van der Waals surface area (Å²) in [7, 11) is 0. The molecule has 1 N–H and O–H groups in total. The van der Waals surface area contributed by atoms with E-state index in [0.717, 1.165) is 19.4 Å². The minimum Gasteiger partial charge on any atom is -0.310 e. The SMILES string of the molecule is C=CCCC(NCC)c1cc(Br)cs1. The molecule has 0 saturated carbocycles. The van der Waals surface area contributed by atoms with Crippen molar-refractivity contribution in [1.82, 2.24) is 5.32 Å². The first-order chi connectivity index (χ1) is 6.77. The number of halogens is 1. The molecule has 0 radical (unpaired) electrons. The lowest BCUT2D eigenvalue weighted by Crippen LogP contribution is -2.19. The number of thiophene rings is 1. The van der Waals surface area contributed by atoms with Gasteiger partial charge >= 0.3 is 0 Å². The average molecular weight is 274 g/mol. The van der Waals surface area contributed by atoms with Gasteiger partial charge in [-0.15, -0.1) is 17.9 Å². The van der Waals surface area contributed by atoms with Crippen LogP contribution in [-0.4, -0.2) is 6.54 Å². The van der Waals surface area contributed by atoms with Crippen LogP contribution in [0.3, 0.4) is 0 Å². The van der Waals surface area contributed by atoms with E-state index in [9.17, 15) is 0 Å². The second-order valence-electron chi connectivity index (χ2n) is 3.14. The molecule has 1 nitrogen and oxygen atoms in total. The van der Waals surface area contributed by atoms with Gasteiger partial charge in [0.25, 0.3) is 0 Å². The van der Waals surface area contributed by atoms with E-state index < -0.39 is 0 Å². The molecule has 0 bridgehead atoms. The Morgan fingerprint density at radius 2 is 2.50 bits per heavy atom. The molecule has 14 heavy (non-hydrogen) atoms. The molecule has 0 aliphatic carbocycles. The summed E-state index contributed by atoms with van der Waals surface area (Å²) >= 11 is 5.29. The van der Waals surface area contributed by atoms with Crippen LogP contribution in [0, 0.1) is 0 Å². The van der Waals surface area contributed by atoms with Gasteiger partial charge in [0.05, 0.1) is 0 Å². The van der Waals surface area contributed by atoms with Crippen molar-refractivity contribution in [1.29, 1.82) is 0 Å². The molecule has 0 fully saturated rings. The molecule has 3 heteroatoms. The molecular weight excluding hydrogens is 258 g/mol. The third-order valence-electron chi connectivity index (χ3n) is 2.04. The topological polar surface area (TPSA) is 12.0 Å². The smallest absolute Gasteiger partial charge is 0.0418 e. The predicted octanol–water partition coefficient (Wildman–Crippen LogP) is 4.13. The highest BCUT2D eigenvalue weighted by Crippen LogP contribution is 2.28. The Labute approximate surface area is 98.4 Å². The Kier molecular flexibility index (Phi) is 5.45. The maximum atomic E-state index is 3.76. The molecule has 78 valence electrons. The summed E-state index contributed by atoms with van der Waals surface area (Å²) in [5.74, 6) is 0. The molecule has 1 atom stereocenters. The fraction of sp³-hybridized carbons (Fsp3) is 0.455. The van der Waals surface area contributed by atoms with E-state index in [2.05, 4.69) is 46.2 Å². The Morgan fingerprint density at radius 3 is 3.00 bits per heavy atom. The van der Waals surface area contributed by atoms with Gasteiger partial charge in [0, 0.05) is 20.8 Å². The van der Waals surface area contributed by atoms with Gasteiger partial charge in [-0.1, -0.05) is 13.0 Å². The van der Waals surface area contributed by atoms with Gasteiger partial charge in [-0.25, -0.2) is 0 Å². The van der Waals surface area contributed by atoms with Crippen molar-refractivity contribution < 1.29 is 0 Å². The van der Waals surface area contributed by atoms with Crippen molar-refractivity contribution in [2.45, 2.75) is 25.8 Å². The molecule has 1 unspecified atom stereocenters. The van der Waals surface area contributed by atoms with Gasteiger partial charge in [0.1, 0.15) is 0 Å². The van der Waals surface area contributed by atoms with Crippen molar-refractivity contribution in [3.05, 3.63) is 33.5 Å². The predicted molar refractivity (Wildman–Crippen MR) is 67.9 cm³/mol. The zero-order valence-corrected chi connectivity index (χ0v) is 10.8. The van der Waals surface area contributed by atoms with Gasteiger partial charge in [-0.2, -0.15) is 0 Å². The normalized spacial score (nSPS) is 12.7. The molecule has 0 spiro atoms. The quantitative estimate of drug-likeness (QED) is 0.769. The number of nitrogens with one attached hydrogen (secondary N) is 1. The van der Waals surface area contributed by atoms with E-state index in [1.807, 2.05) is 6.08 Å². The molecular formula is C11H16BrNS. The summed E-state index contributed by atoms with van der Waals surface area (Å²) in [6.45, 7) is 6.91. The highest BCUT2D eigenvalue weighted by atomic mass is 79.9. The van der Waals surface area contributed by atoms with Gasteiger partial charge in [0.2, 0.25) is 0 Å². The first-order valence-electron chi connectivity index (χ1n) is 4.86. The highest BCUT2D eigenvalue weighted by Gasteiger charge is 2.10. The number of rotatable bonds is 6. The molecule has 0 saturated heterocycles. The fourth-order valence-electron chi connectivity index (χ4n) is 1.39. The van der Waals surface area contributed by atoms with E-state index >= 15 is 0 Å². The third-order valence-corrected chi connectivity index (χ3v) is 3.85. The number of hydrogen-bond acceptors (Lipinski definition) is 2. The molecule has 0 aromatic carbocycles. The lowest BCUT2D eigenvalue weighted by molar-refractivity contribution is 0.527. The Morgan fingerprint density at radius 1 is 1.71 bits per heavy atom. The summed E-state index contributed by atoms with van der Waals surface area (Å²) in [6.07, 6.45) is 4.17. The van der Waals surface area contributed by atoms with E-state index in [-0.39, 0.29) is 0 Å². The largest absolute Gasteiger partial charge is 0.310 e. The lowest BCUT2D eigenvalue weighted by Gasteiger charge is -2.14. The average Bonchev–Trinajstić information content (AvgIpc) is 2.59. The Balaban J connectivity index is 2.61. The monoisotopic (exact) mass is 273 g/mol. The number of allylic oxidation sites excluding steroid dienone is 1. The molecule has 1 aromatic rings. The maximum absolute atomic E-state index is 3.76. The summed E-state index contributed by atoms with van der Waals surface area (Å²) < 4.78 is 1.18. The molecule has 1 aromatic heterocycles. The minimum atomic E-state index is 0.481. The van der Waals surface area contributed by atoms with Gasteiger partial charge < -0.3 is 5.32 Å². The van der Waals surface area contributed by atoms with Gasteiger partial charge in [-0.05, 0) is 41.4 Å². The van der Waals surface area contributed by atoms with Crippen LogP contribution < -0.4 is 5.32 Å². The summed E-state index contributed by atoms with van der Waals surface area (Å²) in [5, 5.41) is 5.62. The van der Waals surface area contributed by atoms with Crippen molar-refractivity contribution in [3.8, 4) is 0 Å². The second-order valence-corrected chi connectivity index (χ2v) is 5.00. The van der Waals surface area contributed by atoms with Crippen molar-refractivity contribution in [2.75, 3.05) is 6.54 Å². The minimum absolute atomic E-state index is 0.481. The van der Waals surface area contributed by atoms with E-state index in [0.29, 0.717) is 6.04 Å². The Hall–Kier alpha value is -0.120. The zero-order chi connectivity index (χ0) is 10.4. The van der Waals surface area contributed by atoms with E-state index in [4.69, 9.17) is 0 Å². The van der Waals surface area contributed by atoms with Crippen LogP contribution in [0.2, 0.25) is 0 Å². The van der Waals surface area contributed by atoms with Gasteiger partial charge in [0.15, 0.2) is 0 Å². The first kappa shape index (κ1) is 12.0. The van der Waals surface area contributed by atoms with E-state index in [1.165, 1.54) is 9.35 Å². The standard InChI is InChI=1S/C11H16BrNS/c1-3-5-6-10(13-4-2)11-7-9(12)8-14-11/h3,7-8,10,13H,1,4-6H2,2H3. The van der Waals surface area contributed by atoms with Crippen LogP contribution >= 0.6 is 27.3 Å². The van der Waals surface area contributed by atoms with Crippen LogP contribution in [-0.2, 0) is 0 Å². The summed E-state index contributed by atoms with van der Waals surface area (Å²) in [6, 6.07) is 2.68. The lowest BCUT2D eigenvalue weighted by atomic mass is 10.1. The van der Waals surface area contributed by atoms with Crippen LogP contribution in [0.5, 0.6) is 0 Å². The molecule has 0 aliphatic heterocycles. The molecule has 1 rings (SSSR count). The molecule has 1 heterocycles. The van der Waals surface area contributed by atoms with Gasteiger partial charge in [-0.3, -0.25) is 0 Å². The number of hydrogen-bond donors (Lipinski definition) is 1. The highest BCUT2D eigenvalue weighted by molar-refractivity contribution is 9.10. The van der Waals surface area contributed by atoms with Crippen molar-refractivity contribution >= 4 is 27.3 Å².